The summed E-state index contributed by atoms with van der Waals surface area (Å²) in [4.78, 5) is 0. The first-order valence-corrected chi connectivity index (χ1v) is 5.23. The molecule has 3 rings (SSSR count). The normalized spacial score (nSPS) is 33.1. The van der Waals surface area contributed by atoms with Crippen molar-refractivity contribution >= 4 is 0 Å². The van der Waals surface area contributed by atoms with Crippen molar-refractivity contribution in [2.24, 2.45) is 5.73 Å². The van der Waals surface area contributed by atoms with Crippen molar-refractivity contribution < 1.29 is 4.74 Å². The summed E-state index contributed by atoms with van der Waals surface area (Å²) in [6.07, 6.45) is 2.37. The van der Waals surface area contributed by atoms with E-state index in [2.05, 4.69) is 18.2 Å². The predicted molar refractivity (Wildman–Crippen MR) is 55.7 cm³/mol. The Bertz CT molecular complexity index is 375. The first kappa shape index (κ1) is 8.30. The molecule has 1 aromatic rings. The van der Waals surface area contributed by atoms with Crippen LogP contribution in [0.1, 0.15) is 35.8 Å². The highest BCUT2D eigenvalue weighted by atomic mass is 16.5. The van der Waals surface area contributed by atoms with Gasteiger partial charge in [-0.1, -0.05) is 12.1 Å². The molecular formula is C12H15NO. The third-order valence-corrected chi connectivity index (χ3v) is 3.74. The summed E-state index contributed by atoms with van der Waals surface area (Å²) in [7, 11) is 1.75. The number of ether oxygens (including phenoxy) is 1. The molecular weight excluding hydrogens is 174 g/mol. The Morgan fingerprint density at radius 2 is 2.21 bits per heavy atom. The van der Waals surface area contributed by atoms with E-state index in [1.165, 1.54) is 17.5 Å². The van der Waals surface area contributed by atoms with Gasteiger partial charge in [0, 0.05) is 17.5 Å². The molecule has 1 aromatic carbocycles. The smallest absolute Gasteiger partial charge is 0.122 e. The Kier molecular flexibility index (Phi) is 1.62. The van der Waals surface area contributed by atoms with E-state index in [9.17, 15) is 0 Å². The van der Waals surface area contributed by atoms with Crippen molar-refractivity contribution in [2.75, 3.05) is 7.11 Å². The molecule has 0 aromatic heterocycles. The molecule has 2 nitrogen and oxygen atoms in total. The summed E-state index contributed by atoms with van der Waals surface area (Å²) in [5.41, 5.74) is 8.96. The zero-order valence-electron chi connectivity index (χ0n) is 8.36. The Morgan fingerprint density at radius 1 is 1.36 bits per heavy atom. The van der Waals surface area contributed by atoms with Gasteiger partial charge in [-0.25, -0.2) is 0 Å². The van der Waals surface area contributed by atoms with Crippen LogP contribution in [0.5, 0.6) is 5.75 Å². The van der Waals surface area contributed by atoms with Gasteiger partial charge in [-0.05, 0) is 30.4 Å². The van der Waals surface area contributed by atoms with Gasteiger partial charge in [0.1, 0.15) is 5.75 Å². The van der Waals surface area contributed by atoms with Gasteiger partial charge in [0.05, 0.1) is 7.11 Å². The largest absolute Gasteiger partial charge is 0.496 e. The molecule has 74 valence electrons. The molecule has 0 saturated heterocycles. The van der Waals surface area contributed by atoms with Crippen LogP contribution in [0.25, 0.3) is 0 Å². The fourth-order valence-electron chi connectivity index (χ4n) is 3.16. The van der Waals surface area contributed by atoms with Crippen LogP contribution in [-0.4, -0.2) is 13.2 Å². The molecule has 0 amide bonds. The molecule has 1 fully saturated rings. The van der Waals surface area contributed by atoms with Gasteiger partial charge >= 0.3 is 0 Å². The fourth-order valence-corrected chi connectivity index (χ4v) is 3.16. The summed E-state index contributed by atoms with van der Waals surface area (Å²) >= 11 is 0. The molecule has 0 unspecified atom stereocenters. The van der Waals surface area contributed by atoms with E-state index in [1.54, 1.807) is 7.11 Å². The number of methoxy groups -OCH3 is 1. The highest BCUT2D eigenvalue weighted by molar-refractivity contribution is 5.51. The first-order valence-electron chi connectivity index (χ1n) is 5.23. The van der Waals surface area contributed by atoms with Crippen LogP contribution < -0.4 is 10.5 Å². The van der Waals surface area contributed by atoms with E-state index >= 15 is 0 Å². The zero-order valence-corrected chi connectivity index (χ0v) is 8.36. The average molecular weight is 189 g/mol. The Hall–Kier alpha value is -1.02. The van der Waals surface area contributed by atoms with Crippen molar-refractivity contribution in [3.63, 3.8) is 0 Å². The average Bonchev–Trinajstić information content (AvgIpc) is 2.74. The van der Waals surface area contributed by atoms with Crippen molar-refractivity contribution in [1.29, 1.82) is 0 Å². The number of fused-ring (bicyclic) bond motifs is 5. The molecule has 2 aliphatic carbocycles. The number of benzene rings is 1. The lowest BCUT2D eigenvalue weighted by molar-refractivity contribution is 0.404. The summed E-state index contributed by atoms with van der Waals surface area (Å²) in [6, 6.07) is 6.72. The van der Waals surface area contributed by atoms with Gasteiger partial charge < -0.3 is 10.5 Å². The van der Waals surface area contributed by atoms with Gasteiger partial charge in [-0.2, -0.15) is 0 Å². The second-order valence-corrected chi connectivity index (χ2v) is 4.40. The minimum absolute atomic E-state index is 0.375. The number of nitrogens with two attached hydrogens (primary N) is 1. The third kappa shape index (κ3) is 0.894. The minimum atomic E-state index is 0.375. The van der Waals surface area contributed by atoms with Gasteiger partial charge in [-0.3, -0.25) is 0 Å². The van der Waals surface area contributed by atoms with E-state index in [1.807, 2.05) is 0 Å². The van der Waals surface area contributed by atoms with Gasteiger partial charge in [0.2, 0.25) is 0 Å². The highest BCUT2D eigenvalue weighted by Gasteiger charge is 2.43. The summed E-state index contributed by atoms with van der Waals surface area (Å²) in [5.74, 6) is 2.30. The van der Waals surface area contributed by atoms with E-state index in [4.69, 9.17) is 10.5 Å². The lowest BCUT2D eigenvalue weighted by Crippen LogP contribution is -2.25. The van der Waals surface area contributed by atoms with Gasteiger partial charge in [0.25, 0.3) is 0 Å². The SMILES string of the molecule is COc1cccc2c1[C@@H]1C[C@@H](N)[C@H]2C1. The molecule has 0 heterocycles. The maximum absolute atomic E-state index is 6.09. The summed E-state index contributed by atoms with van der Waals surface area (Å²) in [6.45, 7) is 0. The quantitative estimate of drug-likeness (QED) is 0.733. The Balaban J connectivity index is 2.16. The van der Waals surface area contributed by atoms with Crippen LogP contribution in [0.3, 0.4) is 0 Å². The highest BCUT2D eigenvalue weighted by Crippen LogP contribution is 2.55. The van der Waals surface area contributed by atoms with E-state index in [0.29, 0.717) is 17.9 Å². The molecule has 2 heteroatoms. The topological polar surface area (TPSA) is 35.2 Å². The van der Waals surface area contributed by atoms with Crippen molar-refractivity contribution in [1.82, 2.24) is 0 Å². The fraction of sp³-hybridized carbons (Fsp3) is 0.500. The maximum atomic E-state index is 6.09. The number of hydrogen-bond donors (Lipinski definition) is 1. The lowest BCUT2D eigenvalue weighted by Gasteiger charge is -2.22. The van der Waals surface area contributed by atoms with Crippen molar-refractivity contribution in [2.45, 2.75) is 30.7 Å². The Morgan fingerprint density at radius 3 is 3.00 bits per heavy atom. The molecule has 3 atom stereocenters. The number of rotatable bonds is 1. The molecule has 0 spiro atoms. The van der Waals surface area contributed by atoms with E-state index in [-0.39, 0.29) is 0 Å². The van der Waals surface area contributed by atoms with Crippen LogP contribution >= 0.6 is 0 Å². The van der Waals surface area contributed by atoms with Crippen molar-refractivity contribution in [3.05, 3.63) is 29.3 Å². The molecule has 14 heavy (non-hydrogen) atoms. The van der Waals surface area contributed by atoms with E-state index < -0.39 is 0 Å². The zero-order chi connectivity index (χ0) is 9.71. The predicted octanol–water partition coefficient (Wildman–Crippen LogP) is 2.00. The van der Waals surface area contributed by atoms with Crippen LogP contribution in [-0.2, 0) is 0 Å². The summed E-state index contributed by atoms with van der Waals surface area (Å²) in [5, 5.41) is 0. The summed E-state index contributed by atoms with van der Waals surface area (Å²) < 4.78 is 5.40. The first-order chi connectivity index (χ1) is 6.81. The van der Waals surface area contributed by atoms with Crippen LogP contribution in [0.2, 0.25) is 0 Å². The molecule has 2 N–H and O–H groups in total. The molecule has 0 radical (unpaired) electrons. The van der Waals surface area contributed by atoms with Gasteiger partial charge in [0.15, 0.2) is 0 Å². The van der Waals surface area contributed by atoms with E-state index in [0.717, 1.165) is 12.2 Å². The van der Waals surface area contributed by atoms with Crippen LogP contribution in [0.4, 0.5) is 0 Å². The maximum Gasteiger partial charge on any atom is 0.122 e. The second-order valence-electron chi connectivity index (χ2n) is 4.40. The monoisotopic (exact) mass is 189 g/mol. The van der Waals surface area contributed by atoms with Crippen molar-refractivity contribution in [3.8, 4) is 5.75 Å². The van der Waals surface area contributed by atoms with Crippen LogP contribution in [0, 0.1) is 0 Å². The van der Waals surface area contributed by atoms with Gasteiger partial charge in [-0.15, -0.1) is 0 Å². The molecule has 2 aliphatic rings. The lowest BCUT2D eigenvalue weighted by atomic mass is 9.88. The molecule has 0 aliphatic heterocycles. The Labute approximate surface area is 84.1 Å². The second kappa shape index (κ2) is 2.74. The molecule has 2 bridgehead atoms. The molecule has 1 saturated carbocycles. The number of hydrogen-bond acceptors (Lipinski definition) is 2. The standard InChI is InChI=1S/C12H15NO/c1-14-11-4-2-3-8-9-5-7(12(8)11)6-10(9)13/h2-4,7,9-10H,5-6,13H2,1H3/t7-,9-,10+/m0/s1. The third-order valence-electron chi connectivity index (χ3n) is 3.74. The van der Waals surface area contributed by atoms with Crippen LogP contribution in [0.15, 0.2) is 18.2 Å². The minimum Gasteiger partial charge on any atom is -0.496 e.